The minimum absolute atomic E-state index is 0.205. The summed E-state index contributed by atoms with van der Waals surface area (Å²) in [5.41, 5.74) is 3.14. The number of hydrogen-bond acceptors (Lipinski definition) is 3. The Hall–Kier alpha value is -2.69. The lowest BCUT2D eigenvalue weighted by Crippen LogP contribution is -2.13. The zero-order valence-corrected chi connectivity index (χ0v) is 11.3. The highest BCUT2D eigenvalue weighted by Gasteiger charge is 2.14. The molecule has 100 valence electrons. The number of nitrogens with one attached hydrogen (secondary N) is 1. The molecule has 0 fully saturated rings. The van der Waals surface area contributed by atoms with Crippen LogP contribution in [0.3, 0.4) is 0 Å². The van der Waals surface area contributed by atoms with Crippen molar-refractivity contribution >= 4 is 17.4 Å². The molecule has 0 saturated carbocycles. The average Bonchev–Trinajstić information content (AvgIpc) is 2.84. The molecule has 1 N–H and O–H groups in total. The van der Waals surface area contributed by atoms with Crippen molar-refractivity contribution in [1.82, 2.24) is 14.4 Å². The van der Waals surface area contributed by atoms with Gasteiger partial charge in [0, 0.05) is 23.8 Å². The van der Waals surface area contributed by atoms with E-state index in [1.54, 1.807) is 24.4 Å². The van der Waals surface area contributed by atoms with E-state index < -0.39 is 0 Å². The standard InChI is InChI=1S/C15H14N4O/c1-10-9-11(2)19-8-6-12(14(19)17-10)15(20)18-13-5-3-4-7-16-13/h3-9H,1-2H3,(H,16,18,20). The van der Waals surface area contributed by atoms with Crippen molar-refractivity contribution in [3.05, 3.63) is 59.7 Å². The third-order valence-corrected chi connectivity index (χ3v) is 3.09. The third kappa shape index (κ3) is 2.14. The molecule has 3 aromatic rings. The molecule has 0 aliphatic carbocycles. The molecule has 0 atom stereocenters. The van der Waals surface area contributed by atoms with Crippen molar-refractivity contribution in [2.24, 2.45) is 0 Å². The molecule has 0 bridgehead atoms. The van der Waals surface area contributed by atoms with Crippen LogP contribution in [0.15, 0.2) is 42.7 Å². The van der Waals surface area contributed by atoms with Gasteiger partial charge in [-0.15, -0.1) is 0 Å². The molecule has 0 unspecified atom stereocenters. The number of amides is 1. The first kappa shape index (κ1) is 12.3. The van der Waals surface area contributed by atoms with E-state index in [1.165, 1.54) is 0 Å². The third-order valence-electron chi connectivity index (χ3n) is 3.09. The molecule has 0 spiro atoms. The first-order valence-electron chi connectivity index (χ1n) is 6.33. The van der Waals surface area contributed by atoms with Gasteiger partial charge in [-0.1, -0.05) is 6.07 Å². The second kappa shape index (κ2) is 4.77. The number of hydrogen-bond donors (Lipinski definition) is 1. The van der Waals surface area contributed by atoms with Crippen LogP contribution in [-0.4, -0.2) is 20.3 Å². The van der Waals surface area contributed by atoms with E-state index in [0.717, 1.165) is 11.4 Å². The lowest BCUT2D eigenvalue weighted by Gasteiger charge is -2.05. The Balaban J connectivity index is 2.00. The first-order chi connectivity index (χ1) is 9.65. The molecule has 3 aromatic heterocycles. The summed E-state index contributed by atoms with van der Waals surface area (Å²) < 4.78 is 1.90. The number of carbonyl (C=O) groups excluding carboxylic acids is 1. The molecule has 0 aliphatic rings. The van der Waals surface area contributed by atoms with Crippen molar-refractivity contribution in [3.8, 4) is 0 Å². The highest BCUT2D eigenvalue weighted by Crippen LogP contribution is 2.15. The van der Waals surface area contributed by atoms with Gasteiger partial charge in [-0.25, -0.2) is 9.97 Å². The molecular formula is C15H14N4O. The van der Waals surface area contributed by atoms with E-state index in [9.17, 15) is 4.79 Å². The maximum Gasteiger partial charge on any atom is 0.260 e. The van der Waals surface area contributed by atoms with Crippen LogP contribution in [0.25, 0.3) is 5.65 Å². The maximum absolute atomic E-state index is 12.3. The SMILES string of the molecule is Cc1cc(C)n2ccc(C(=O)Nc3ccccn3)c2n1. The van der Waals surface area contributed by atoms with Crippen molar-refractivity contribution in [2.75, 3.05) is 5.32 Å². The highest BCUT2D eigenvalue weighted by atomic mass is 16.1. The second-order valence-corrected chi connectivity index (χ2v) is 4.63. The molecule has 0 saturated heterocycles. The normalized spacial score (nSPS) is 10.7. The lowest BCUT2D eigenvalue weighted by atomic mass is 10.3. The van der Waals surface area contributed by atoms with Crippen LogP contribution in [0.5, 0.6) is 0 Å². The summed E-state index contributed by atoms with van der Waals surface area (Å²) in [6, 6.07) is 9.13. The van der Waals surface area contributed by atoms with Gasteiger partial charge in [0.25, 0.3) is 5.91 Å². The molecule has 3 heterocycles. The van der Waals surface area contributed by atoms with Crippen LogP contribution in [0, 0.1) is 13.8 Å². The number of fused-ring (bicyclic) bond motifs is 1. The second-order valence-electron chi connectivity index (χ2n) is 4.63. The van der Waals surface area contributed by atoms with Gasteiger partial charge in [-0.05, 0) is 38.1 Å². The minimum atomic E-state index is -0.205. The number of aryl methyl sites for hydroxylation is 2. The topological polar surface area (TPSA) is 59.3 Å². The fraction of sp³-hybridized carbons (Fsp3) is 0.133. The molecule has 5 heteroatoms. The summed E-state index contributed by atoms with van der Waals surface area (Å²) in [7, 11) is 0. The summed E-state index contributed by atoms with van der Waals surface area (Å²) in [6.45, 7) is 3.91. The van der Waals surface area contributed by atoms with E-state index >= 15 is 0 Å². The monoisotopic (exact) mass is 266 g/mol. The van der Waals surface area contributed by atoms with Gasteiger partial charge < -0.3 is 9.72 Å². The van der Waals surface area contributed by atoms with Crippen LogP contribution in [0.1, 0.15) is 21.7 Å². The van der Waals surface area contributed by atoms with Gasteiger partial charge in [0.05, 0.1) is 5.56 Å². The van der Waals surface area contributed by atoms with Crippen molar-refractivity contribution < 1.29 is 4.79 Å². The number of carbonyl (C=O) groups is 1. The van der Waals surface area contributed by atoms with Crippen LogP contribution < -0.4 is 5.32 Å². The molecular weight excluding hydrogens is 252 g/mol. The Labute approximate surface area is 116 Å². The number of pyridine rings is 1. The minimum Gasteiger partial charge on any atom is -0.306 e. The Morgan fingerprint density at radius 1 is 1.25 bits per heavy atom. The number of rotatable bonds is 2. The smallest absolute Gasteiger partial charge is 0.260 e. The molecule has 0 aromatic carbocycles. The van der Waals surface area contributed by atoms with Crippen molar-refractivity contribution in [3.63, 3.8) is 0 Å². The average molecular weight is 266 g/mol. The predicted molar refractivity (Wildman–Crippen MR) is 76.9 cm³/mol. The predicted octanol–water partition coefficient (Wildman–Crippen LogP) is 2.60. The molecule has 0 aliphatic heterocycles. The van der Waals surface area contributed by atoms with Gasteiger partial charge in [-0.3, -0.25) is 4.79 Å². The van der Waals surface area contributed by atoms with Gasteiger partial charge >= 0.3 is 0 Å². The molecule has 20 heavy (non-hydrogen) atoms. The number of anilines is 1. The van der Waals surface area contributed by atoms with E-state index in [-0.39, 0.29) is 5.91 Å². The van der Waals surface area contributed by atoms with E-state index in [1.807, 2.05) is 36.6 Å². The summed E-state index contributed by atoms with van der Waals surface area (Å²) in [6.07, 6.45) is 3.49. The van der Waals surface area contributed by atoms with E-state index in [2.05, 4.69) is 15.3 Å². The number of nitrogens with zero attached hydrogens (tertiary/aromatic N) is 3. The zero-order valence-electron chi connectivity index (χ0n) is 11.3. The Morgan fingerprint density at radius 3 is 2.85 bits per heavy atom. The molecule has 5 nitrogen and oxygen atoms in total. The maximum atomic E-state index is 12.3. The van der Waals surface area contributed by atoms with E-state index in [0.29, 0.717) is 17.0 Å². The van der Waals surface area contributed by atoms with Crippen LogP contribution in [0.4, 0.5) is 5.82 Å². The van der Waals surface area contributed by atoms with Gasteiger partial charge in [0.15, 0.2) is 0 Å². The Kier molecular flexibility index (Phi) is 2.95. The first-order valence-corrected chi connectivity index (χ1v) is 6.33. The fourth-order valence-corrected chi connectivity index (χ4v) is 2.19. The van der Waals surface area contributed by atoms with E-state index in [4.69, 9.17) is 0 Å². The summed E-state index contributed by atoms with van der Waals surface area (Å²) >= 11 is 0. The summed E-state index contributed by atoms with van der Waals surface area (Å²) in [5.74, 6) is 0.324. The van der Waals surface area contributed by atoms with Gasteiger partial charge in [0.2, 0.25) is 0 Å². The highest BCUT2D eigenvalue weighted by molar-refractivity contribution is 6.08. The van der Waals surface area contributed by atoms with Crippen LogP contribution >= 0.6 is 0 Å². The van der Waals surface area contributed by atoms with Gasteiger partial charge in [0.1, 0.15) is 11.5 Å². The zero-order chi connectivity index (χ0) is 14.1. The molecule has 3 rings (SSSR count). The Morgan fingerprint density at radius 2 is 2.10 bits per heavy atom. The van der Waals surface area contributed by atoms with Crippen LogP contribution in [-0.2, 0) is 0 Å². The molecule has 0 radical (unpaired) electrons. The summed E-state index contributed by atoms with van der Waals surface area (Å²) in [4.78, 5) is 20.8. The Bertz CT molecular complexity index is 777. The van der Waals surface area contributed by atoms with Crippen molar-refractivity contribution in [1.29, 1.82) is 0 Å². The fourth-order valence-electron chi connectivity index (χ4n) is 2.19. The number of aromatic nitrogens is 3. The van der Waals surface area contributed by atoms with Gasteiger partial charge in [-0.2, -0.15) is 0 Å². The molecule has 1 amide bonds. The summed E-state index contributed by atoms with van der Waals surface area (Å²) in [5, 5.41) is 2.77. The lowest BCUT2D eigenvalue weighted by molar-refractivity contribution is 0.102. The largest absolute Gasteiger partial charge is 0.306 e. The quantitative estimate of drug-likeness (QED) is 0.775. The van der Waals surface area contributed by atoms with Crippen LogP contribution in [0.2, 0.25) is 0 Å². The van der Waals surface area contributed by atoms with Crippen molar-refractivity contribution in [2.45, 2.75) is 13.8 Å².